The fourth-order valence-corrected chi connectivity index (χ4v) is 1.85. The molecule has 3 nitrogen and oxygen atoms in total. The molecule has 2 N–H and O–H groups in total. The van der Waals surface area contributed by atoms with Gasteiger partial charge in [-0.15, -0.1) is 0 Å². The molecule has 1 heterocycles. The lowest BCUT2D eigenvalue weighted by molar-refractivity contribution is 0.117. The van der Waals surface area contributed by atoms with Crippen molar-refractivity contribution in [3.63, 3.8) is 0 Å². The summed E-state index contributed by atoms with van der Waals surface area (Å²) in [6, 6.07) is 0.613. The second kappa shape index (κ2) is 3.56. The summed E-state index contributed by atoms with van der Waals surface area (Å²) in [5.41, 5.74) is 0.465. The molecular weight excluding hydrogens is 164 g/mol. The van der Waals surface area contributed by atoms with E-state index in [4.69, 9.17) is 4.74 Å². The Labute approximate surface area is 80.2 Å². The zero-order chi connectivity index (χ0) is 9.31. The van der Waals surface area contributed by atoms with Crippen LogP contribution in [0.2, 0.25) is 0 Å². The highest BCUT2D eigenvalue weighted by Crippen LogP contribution is 2.34. The molecule has 0 amide bonds. The maximum Gasteiger partial charge on any atom is 0.0711 e. The van der Waals surface area contributed by atoms with Gasteiger partial charge < -0.3 is 15.4 Å². The van der Waals surface area contributed by atoms with Crippen LogP contribution in [0.15, 0.2) is 0 Å². The highest BCUT2D eigenvalue weighted by Gasteiger charge is 2.37. The molecule has 1 aliphatic carbocycles. The third-order valence-corrected chi connectivity index (χ3v) is 3.29. The zero-order valence-corrected chi connectivity index (χ0v) is 8.60. The van der Waals surface area contributed by atoms with Gasteiger partial charge in [0.1, 0.15) is 0 Å². The molecule has 0 spiro atoms. The van der Waals surface area contributed by atoms with Crippen molar-refractivity contribution in [1.29, 1.82) is 0 Å². The van der Waals surface area contributed by atoms with Gasteiger partial charge in [-0.25, -0.2) is 0 Å². The Balaban J connectivity index is 1.66. The zero-order valence-electron chi connectivity index (χ0n) is 8.60. The van der Waals surface area contributed by atoms with Crippen molar-refractivity contribution in [3.8, 4) is 0 Å². The van der Waals surface area contributed by atoms with Gasteiger partial charge >= 0.3 is 0 Å². The first-order valence-electron chi connectivity index (χ1n) is 5.23. The fourth-order valence-electron chi connectivity index (χ4n) is 1.85. The molecule has 2 rings (SSSR count). The van der Waals surface area contributed by atoms with Crippen molar-refractivity contribution in [3.05, 3.63) is 0 Å². The molecule has 0 aromatic rings. The van der Waals surface area contributed by atoms with E-state index in [1.807, 2.05) is 0 Å². The van der Waals surface area contributed by atoms with E-state index in [9.17, 15) is 0 Å². The molecule has 3 heteroatoms. The van der Waals surface area contributed by atoms with Crippen LogP contribution >= 0.6 is 0 Å². The first kappa shape index (κ1) is 9.44. The molecule has 0 aromatic heterocycles. The molecular formula is C10H20N2O. The van der Waals surface area contributed by atoms with Gasteiger partial charge in [-0.05, 0) is 26.2 Å². The molecule has 13 heavy (non-hydrogen) atoms. The average Bonchev–Trinajstić information content (AvgIpc) is 2.69. The third kappa shape index (κ3) is 2.42. The number of rotatable bonds is 4. The van der Waals surface area contributed by atoms with Gasteiger partial charge in [0.25, 0.3) is 0 Å². The molecule has 1 saturated carbocycles. The monoisotopic (exact) mass is 184 g/mol. The van der Waals surface area contributed by atoms with E-state index in [2.05, 4.69) is 17.6 Å². The van der Waals surface area contributed by atoms with Crippen LogP contribution in [0, 0.1) is 0 Å². The van der Waals surface area contributed by atoms with Gasteiger partial charge in [0.15, 0.2) is 0 Å². The first-order chi connectivity index (χ1) is 6.22. The van der Waals surface area contributed by atoms with Crippen LogP contribution in [0.1, 0.15) is 26.2 Å². The van der Waals surface area contributed by atoms with Crippen molar-refractivity contribution >= 4 is 0 Å². The van der Waals surface area contributed by atoms with Gasteiger partial charge in [-0.2, -0.15) is 0 Å². The summed E-state index contributed by atoms with van der Waals surface area (Å²) in [6.45, 7) is 4.41. The standard InChI is InChI=1S/C10H20N2O/c1-10(3-4-10)12-6-8-5-9(13-2)7-11-8/h8-9,11-12H,3-7H2,1-2H3. The summed E-state index contributed by atoms with van der Waals surface area (Å²) in [7, 11) is 1.80. The first-order valence-corrected chi connectivity index (χ1v) is 5.23. The summed E-state index contributed by atoms with van der Waals surface area (Å²) in [5, 5.41) is 7.07. The molecule has 1 saturated heterocycles. The van der Waals surface area contributed by atoms with Crippen molar-refractivity contribution in [2.45, 2.75) is 43.9 Å². The highest BCUT2D eigenvalue weighted by molar-refractivity contribution is 4.99. The van der Waals surface area contributed by atoms with Crippen molar-refractivity contribution in [1.82, 2.24) is 10.6 Å². The van der Waals surface area contributed by atoms with Crippen LogP contribution in [0.25, 0.3) is 0 Å². The second-order valence-corrected chi connectivity index (χ2v) is 4.64. The quantitative estimate of drug-likeness (QED) is 0.668. The second-order valence-electron chi connectivity index (χ2n) is 4.64. The molecule has 0 bridgehead atoms. The highest BCUT2D eigenvalue weighted by atomic mass is 16.5. The van der Waals surface area contributed by atoms with E-state index >= 15 is 0 Å². The Hall–Kier alpha value is -0.120. The predicted octanol–water partition coefficient (Wildman–Crippen LogP) is 0.505. The molecule has 2 unspecified atom stereocenters. The number of hydrogen-bond donors (Lipinski definition) is 2. The summed E-state index contributed by atoms with van der Waals surface area (Å²) in [4.78, 5) is 0. The molecule has 76 valence electrons. The van der Waals surface area contributed by atoms with Crippen molar-refractivity contribution in [2.24, 2.45) is 0 Å². The van der Waals surface area contributed by atoms with Crippen LogP contribution in [0.5, 0.6) is 0 Å². The largest absolute Gasteiger partial charge is 0.380 e. The topological polar surface area (TPSA) is 33.3 Å². The van der Waals surface area contributed by atoms with Gasteiger partial charge in [0, 0.05) is 31.8 Å². The lowest BCUT2D eigenvalue weighted by atomic mass is 10.2. The molecule has 2 atom stereocenters. The van der Waals surface area contributed by atoms with Crippen LogP contribution in [0.4, 0.5) is 0 Å². The van der Waals surface area contributed by atoms with Crippen LogP contribution in [-0.4, -0.2) is 37.9 Å². The van der Waals surface area contributed by atoms with E-state index in [-0.39, 0.29) is 0 Å². The number of methoxy groups -OCH3 is 1. The normalized spacial score (nSPS) is 36.5. The molecule has 0 radical (unpaired) electrons. The maximum atomic E-state index is 5.30. The lowest BCUT2D eigenvalue weighted by Gasteiger charge is -2.16. The average molecular weight is 184 g/mol. The Morgan fingerprint density at radius 3 is 2.85 bits per heavy atom. The smallest absolute Gasteiger partial charge is 0.0711 e. The van der Waals surface area contributed by atoms with Gasteiger partial charge in [0.05, 0.1) is 6.10 Å². The molecule has 0 aromatic carbocycles. The minimum absolute atomic E-state index is 0.429. The van der Waals surface area contributed by atoms with Crippen molar-refractivity contribution in [2.75, 3.05) is 20.2 Å². The molecule has 1 aliphatic heterocycles. The van der Waals surface area contributed by atoms with Crippen LogP contribution in [0.3, 0.4) is 0 Å². The summed E-state index contributed by atoms with van der Waals surface area (Å²) in [5.74, 6) is 0. The summed E-state index contributed by atoms with van der Waals surface area (Å²) < 4.78 is 5.30. The van der Waals surface area contributed by atoms with Gasteiger partial charge in [0.2, 0.25) is 0 Å². The Morgan fingerprint density at radius 2 is 2.31 bits per heavy atom. The van der Waals surface area contributed by atoms with Gasteiger partial charge in [-0.3, -0.25) is 0 Å². The number of hydrogen-bond acceptors (Lipinski definition) is 3. The van der Waals surface area contributed by atoms with Gasteiger partial charge in [-0.1, -0.05) is 0 Å². The Morgan fingerprint density at radius 1 is 1.54 bits per heavy atom. The van der Waals surface area contributed by atoms with E-state index in [0.29, 0.717) is 17.7 Å². The molecule has 2 fully saturated rings. The molecule has 2 aliphatic rings. The van der Waals surface area contributed by atoms with E-state index in [1.54, 1.807) is 7.11 Å². The number of ether oxygens (including phenoxy) is 1. The van der Waals surface area contributed by atoms with E-state index < -0.39 is 0 Å². The van der Waals surface area contributed by atoms with E-state index in [0.717, 1.165) is 19.5 Å². The number of nitrogens with one attached hydrogen (secondary N) is 2. The third-order valence-electron chi connectivity index (χ3n) is 3.29. The predicted molar refractivity (Wildman–Crippen MR) is 52.8 cm³/mol. The Bertz CT molecular complexity index is 180. The lowest BCUT2D eigenvalue weighted by Crippen LogP contribution is -2.39. The van der Waals surface area contributed by atoms with Crippen LogP contribution in [-0.2, 0) is 4.74 Å². The fraction of sp³-hybridized carbons (Fsp3) is 1.00. The van der Waals surface area contributed by atoms with Crippen LogP contribution < -0.4 is 10.6 Å². The maximum absolute atomic E-state index is 5.30. The minimum atomic E-state index is 0.429. The van der Waals surface area contributed by atoms with E-state index in [1.165, 1.54) is 12.8 Å². The Kier molecular flexibility index (Phi) is 2.58. The summed E-state index contributed by atoms with van der Waals surface area (Å²) in [6.07, 6.45) is 4.26. The minimum Gasteiger partial charge on any atom is -0.380 e. The SMILES string of the molecule is COC1CNC(CNC2(C)CC2)C1. The summed E-state index contributed by atoms with van der Waals surface area (Å²) >= 11 is 0. The van der Waals surface area contributed by atoms with Crippen molar-refractivity contribution < 1.29 is 4.74 Å².